The van der Waals surface area contributed by atoms with E-state index >= 15 is 0 Å². The van der Waals surface area contributed by atoms with Crippen LogP contribution < -0.4 is 0 Å². The number of carbonyl (C=O) groups is 3. The van der Waals surface area contributed by atoms with Crippen LogP contribution in [0.3, 0.4) is 0 Å². The molecule has 0 amide bonds. The first-order valence-electron chi connectivity index (χ1n) is 49.8. The number of allylic oxidation sites excluding steroid dienone is 26. The largest absolute Gasteiger partial charge is 0.472 e. The zero-order chi connectivity index (χ0) is 89.3. The van der Waals surface area contributed by atoms with Gasteiger partial charge in [0.25, 0.3) is 0 Å². The normalized spacial score (nSPS) is 14.4. The maximum atomic E-state index is 13.1. The van der Waals surface area contributed by atoms with Gasteiger partial charge in [0.15, 0.2) is 6.10 Å². The van der Waals surface area contributed by atoms with E-state index in [9.17, 15) is 43.5 Å². The van der Waals surface area contributed by atoms with E-state index in [0.717, 1.165) is 167 Å². The highest BCUT2D eigenvalue weighted by Crippen LogP contribution is 2.45. The molecule has 4 N–H and O–H groups in total. The van der Waals surface area contributed by atoms with Crippen molar-refractivity contribution < 1.29 is 75.8 Å². The molecular formula is C105H182O16P2. The van der Waals surface area contributed by atoms with E-state index in [-0.39, 0.29) is 19.3 Å². The van der Waals surface area contributed by atoms with E-state index < -0.39 is 91.5 Å². The molecule has 0 bridgehead atoms. The molecule has 0 radical (unpaired) electrons. The molecule has 0 heterocycles. The molecule has 0 aliphatic carbocycles. The molecule has 0 aromatic rings. The molecule has 0 aromatic carbocycles. The van der Waals surface area contributed by atoms with Crippen molar-refractivity contribution in [3.8, 4) is 0 Å². The lowest BCUT2D eigenvalue weighted by atomic mass is 10.0. The molecule has 0 rings (SSSR count). The molecule has 0 spiro atoms. The Balaban J connectivity index is 4.49. The minimum atomic E-state index is -4.95. The average molecular weight is 1760 g/mol. The molecule has 708 valence electrons. The molecule has 0 aliphatic heterocycles. The first-order chi connectivity index (χ1) is 60.2. The topological polar surface area (TPSA) is 231 Å². The molecule has 16 nitrogen and oxygen atoms in total. The fourth-order valence-corrected chi connectivity index (χ4v) is 15.3. The summed E-state index contributed by atoms with van der Waals surface area (Å²) in [5.41, 5.74) is 0. The molecule has 18 heteroatoms. The van der Waals surface area contributed by atoms with Crippen molar-refractivity contribution in [3.05, 3.63) is 158 Å². The van der Waals surface area contributed by atoms with Gasteiger partial charge in [0.1, 0.15) is 25.4 Å². The van der Waals surface area contributed by atoms with Gasteiger partial charge in [-0.05, 0) is 154 Å². The second-order valence-corrected chi connectivity index (χ2v) is 36.1. The number of aliphatic hydroxyl groups is 2. The van der Waals surface area contributed by atoms with Crippen molar-refractivity contribution in [3.63, 3.8) is 0 Å². The van der Waals surface area contributed by atoms with Crippen molar-refractivity contribution in [2.45, 2.75) is 450 Å². The van der Waals surface area contributed by atoms with Gasteiger partial charge < -0.3 is 34.2 Å². The van der Waals surface area contributed by atoms with Gasteiger partial charge in [-0.3, -0.25) is 32.5 Å². The third kappa shape index (κ3) is 97.6. The van der Waals surface area contributed by atoms with Crippen LogP contribution in [0.5, 0.6) is 0 Å². The Hall–Kier alpha value is -4.83. The minimum Gasteiger partial charge on any atom is -0.463 e. The highest BCUT2D eigenvalue weighted by Gasteiger charge is 2.30. The predicted molar refractivity (Wildman–Crippen MR) is 519 cm³/mol. The van der Waals surface area contributed by atoms with Gasteiger partial charge in [0.05, 0.1) is 26.4 Å². The van der Waals surface area contributed by atoms with E-state index in [0.29, 0.717) is 19.3 Å². The van der Waals surface area contributed by atoms with Crippen LogP contribution >= 0.6 is 15.6 Å². The number of hydrogen-bond donors (Lipinski definition) is 4. The van der Waals surface area contributed by atoms with Gasteiger partial charge in [-0.2, -0.15) is 0 Å². The zero-order valence-electron chi connectivity index (χ0n) is 78.3. The van der Waals surface area contributed by atoms with Crippen LogP contribution in [0.25, 0.3) is 0 Å². The van der Waals surface area contributed by atoms with E-state index in [1.54, 1.807) is 0 Å². The van der Waals surface area contributed by atoms with Crippen molar-refractivity contribution in [1.82, 2.24) is 0 Å². The number of rotatable bonds is 94. The molecule has 5 atom stereocenters. The Morgan fingerprint density at radius 2 is 0.431 bits per heavy atom. The van der Waals surface area contributed by atoms with Crippen LogP contribution in [0.2, 0.25) is 0 Å². The molecule has 0 aromatic heterocycles. The molecular weight excluding hydrogens is 1580 g/mol. The summed E-state index contributed by atoms with van der Waals surface area (Å²) in [6, 6.07) is 0. The Morgan fingerprint density at radius 1 is 0.236 bits per heavy atom. The lowest BCUT2D eigenvalue weighted by molar-refractivity contribution is -0.161. The molecule has 123 heavy (non-hydrogen) atoms. The summed E-state index contributed by atoms with van der Waals surface area (Å²) >= 11 is 0. The van der Waals surface area contributed by atoms with Crippen LogP contribution in [-0.2, 0) is 55.8 Å². The number of unbranched alkanes of at least 4 members (excludes halogenated alkanes) is 45. The highest BCUT2D eigenvalue weighted by molar-refractivity contribution is 7.47. The lowest BCUT2D eigenvalue weighted by Gasteiger charge is -2.21. The molecule has 0 fully saturated rings. The summed E-state index contributed by atoms with van der Waals surface area (Å²) in [5, 5.41) is 20.8. The molecule has 0 saturated heterocycles. The number of phosphoric acid groups is 2. The number of hydrogen-bond acceptors (Lipinski definition) is 14. The number of aliphatic hydroxyl groups excluding tert-OH is 2. The van der Waals surface area contributed by atoms with E-state index in [2.05, 4.69) is 179 Å². The first-order valence-corrected chi connectivity index (χ1v) is 52.8. The van der Waals surface area contributed by atoms with Gasteiger partial charge in [-0.1, -0.05) is 416 Å². The first kappa shape index (κ1) is 118. The maximum Gasteiger partial charge on any atom is 0.472 e. The Kier molecular flexibility index (Phi) is 92.5. The number of phosphoric ester groups is 2. The van der Waals surface area contributed by atoms with Crippen LogP contribution in [-0.4, -0.2) is 95.9 Å². The summed E-state index contributed by atoms with van der Waals surface area (Å²) in [7, 11) is -9.81. The minimum absolute atomic E-state index is 0.0882. The van der Waals surface area contributed by atoms with Crippen molar-refractivity contribution >= 4 is 33.6 Å². The smallest absolute Gasteiger partial charge is 0.463 e. The van der Waals surface area contributed by atoms with Gasteiger partial charge >= 0.3 is 33.6 Å². The summed E-state index contributed by atoms with van der Waals surface area (Å²) in [5.74, 6) is -1.57. The molecule has 0 aliphatic rings. The average Bonchev–Trinajstić information content (AvgIpc) is 0.898. The van der Waals surface area contributed by atoms with E-state index in [4.69, 9.17) is 32.3 Å². The van der Waals surface area contributed by atoms with Crippen LogP contribution in [0.4, 0.5) is 0 Å². The number of carbonyl (C=O) groups excluding carboxylic acids is 3. The van der Waals surface area contributed by atoms with Crippen LogP contribution in [0.15, 0.2) is 158 Å². The zero-order valence-corrected chi connectivity index (χ0v) is 80.1. The quantitative estimate of drug-likeness (QED) is 0.0146. The summed E-state index contributed by atoms with van der Waals surface area (Å²) in [6.07, 6.45) is 125. The number of esters is 3. The predicted octanol–water partition coefficient (Wildman–Crippen LogP) is 31.2. The summed E-state index contributed by atoms with van der Waals surface area (Å²) < 4.78 is 61.6. The van der Waals surface area contributed by atoms with Crippen molar-refractivity contribution in [2.75, 3.05) is 39.6 Å². The molecule has 5 unspecified atom stereocenters. The summed E-state index contributed by atoms with van der Waals surface area (Å²) in [4.78, 5) is 59.1. The Morgan fingerprint density at radius 3 is 0.683 bits per heavy atom. The van der Waals surface area contributed by atoms with Gasteiger partial charge in [0.2, 0.25) is 0 Å². The Bertz CT molecular complexity index is 2870. The van der Waals surface area contributed by atoms with Gasteiger partial charge in [-0.25, -0.2) is 9.13 Å². The lowest BCUT2D eigenvalue weighted by Crippen LogP contribution is -2.30. The fourth-order valence-electron chi connectivity index (χ4n) is 13.7. The second kappa shape index (κ2) is 96.3. The highest BCUT2D eigenvalue weighted by atomic mass is 31.2. The van der Waals surface area contributed by atoms with Gasteiger partial charge in [-0.15, -0.1) is 0 Å². The summed E-state index contributed by atoms with van der Waals surface area (Å²) in [6.45, 7) is 2.56. The maximum absolute atomic E-state index is 13.1. The second-order valence-electron chi connectivity index (χ2n) is 33.2. The SMILES string of the molecule is CC/C=C\C/C=C\C/C=C\C/C=C\C/C=C\C/C=C\CCCCCCCCCCCCCCCCC(=O)OCC(COP(=O)(O)OCC(O)COP(=O)(O)OCC(O)COC(=O)CCCCCCCCCCCCCCCCCCCCC/C=C\C/C=C\C/C=C\C/C=C\CCCCC)OC(=O)CCCCCCCC/C=C\C/C=C\C/C=C\CCCCC. The van der Waals surface area contributed by atoms with E-state index in [1.807, 2.05) is 0 Å². The van der Waals surface area contributed by atoms with Crippen molar-refractivity contribution in [1.29, 1.82) is 0 Å². The van der Waals surface area contributed by atoms with Crippen LogP contribution in [0, 0.1) is 0 Å². The monoisotopic (exact) mass is 1760 g/mol. The van der Waals surface area contributed by atoms with Crippen molar-refractivity contribution in [2.24, 2.45) is 0 Å². The number of ether oxygens (including phenoxy) is 3. The third-order valence-electron chi connectivity index (χ3n) is 21.2. The fraction of sp³-hybridized carbons (Fsp3) is 0.724. The van der Waals surface area contributed by atoms with E-state index in [1.165, 1.54) is 205 Å². The molecule has 0 saturated carbocycles. The third-order valence-corrected chi connectivity index (χ3v) is 23.1. The van der Waals surface area contributed by atoms with Crippen LogP contribution in [0.1, 0.15) is 432 Å². The van der Waals surface area contributed by atoms with Gasteiger partial charge in [0, 0.05) is 19.3 Å². The standard InChI is InChI=1S/C105H182O16P2/c1-4-7-10-13-16-19-22-25-28-31-34-36-38-40-42-44-46-48-49-51-53-54-56-58-60-62-65-67-70-73-76-79-82-85-88-91-103(108)115-94-100(106)95-117-122(111,112)118-96-101(107)97-119-123(113,114)120-99-102(121-105(110)93-90-87-84-81-78-75-72-69-64-33-30-27-24-21-18-15-12-9-6-3)98-116-104(109)92-89-86-83-80-77-74-71-68-66-63-61-59-57-55-52-50-47-45-43-41-39-37-35-32-29-26-23-20-17-14-11-8-5-2/h8,11,16-21,25-30,34-37,40-43,47,50,64,69,100-102,106-107H,4-7,9-10,12-15,22-24,31-33,38-39,44-46,48-49,51-63,65-68,70-99H2,1-3H3,(H,111,112)(H,113,114)/b11-8-,19-16-,20-17-,21-18-,28-25-,29-26-,30-27-,36-34-,37-35-,42-40-,43-41-,50-47-,69-64-. The Labute approximate surface area is 752 Å².